The van der Waals surface area contributed by atoms with Gasteiger partial charge in [-0.3, -0.25) is 10.1 Å². The van der Waals surface area contributed by atoms with Crippen molar-refractivity contribution in [1.29, 1.82) is 5.26 Å². The van der Waals surface area contributed by atoms with Crippen LogP contribution in [0.2, 0.25) is 0 Å². The third kappa shape index (κ3) is 2.66. The summed E-state index contributed by atoms with van der Waals surface area (Å²) in [5, 5.41) is 29.6. The van der Waals surface area contributed by atoms with E-state index in [1.165, 1.54) is 6.07 Å². The summed E-state index contributed by atoms with van der Waals surface area (Å²) in [6.45, 7) is 3.08. The molecule has 0 aromatic heterocycles. The van der Waals surface area contributed by atoms with Crippen LogP contribution in [0.3, 0.4) is 0 Å². The Labute approximate surface area is 111 Å². The molecule has 1 fully saturated rings. The zero-order valence-electron chi connectivity index (χ0n) is 10.6. The van der Waals surface area contributed by atoms with E-state index in [0.29, 0.717) is 25.2 Å². The average Bonchev–Trinajstić information content (AvgIpc) is 2.41. The molecule has 1 aliphatic rings. The van der Waals surface area contributed by atoms with Crippen LogP contribution in [0.25, 0.3) is 0 Å². The molecular weight excluding hydrogens is 246 g/mol. The van der Waals surface area contributed by atoms with Gasteiger partial charge in [-0.05, 0) is 24.5 Å². The zero-order valence-corrected chi connectivity index (χ0v) is 10.6. The van der Waals surface area contributed by atoms with E-state index in [1.807, 2.05) is 17.9 Å². The molecule has 6 nitrogen and oxygen atoms in total. The van der Waals surface area contributed by atoms with Gasteiger partial charge in [0.25, 0.3) is 5.69 Å². The lowest BCUT2D eigenvalue weighted by atomic mass is 9.96. The van der Waals surface area contributed by atoms with Crippen LogP contribution in [0.15, 0.2) is 18.2 Å². The average molecular weight is 261 g/mol. The van der Waals surface area contributed by atoms with Crippen molar-refractivity contribution in [3.8, 4) is 6.07 Å². The Hall–Kier alpha value is -2.13. The van der Waals surface area contributed by atoms with E-state index in [4.69, 9.17) is 5.26 Å². The summed E-state index contributed by atoms with van der Waals surface area (Å²) < 4.78 is 0. The summed E-state index contributed by atoms with van der Waals surface area (Å²) in [6.07, 6.45) is 0.242. The van der Waals surface area contributed by atoms with E-state index in [1.54, 1.807) is 12.1 Å². The molecule has 0 spiro atoms. The Morgan fingerprint density at radius 2 is 2.32 bits per heavy atom. The Morgan fingerprint density at radius 1 is 1.58 bits per heavy atom. The second-order valence-electron chi connectivity index (χ2n) is 4.85. The van der Waals surface area contributed by atoms with E-state index >= 15 is 0 Å². The smallest absolute Gasteiger partial charge is 0.293 e. The molecule has 2 rings (SSSR count). The number of piperidine rings is 1. The van der Waals surface area contributed by atoms with Crippen LogP contribution < -0.4 is 4.90 Å². The van der Waals surface area contributed by atoms with Crippen molar-refractivity contribution in [1.82, 2.24) is 0 Å². The first-order chi connectivity index (χ1) is 9.02. The molecule has 2 atom stereocenters. The van der Waals surface area contributed by atoms with Gasteiger partial charge in [0.2, 0.25) is 0 Å². The number of nitro groups is 1. The molecule has 0 radical (unpaired) electrons. The monoisotopic (exact) mass is 261 g/mol. The maximum atomic E-state index is 11.1. The predicted octanol–water partition coefficient (Wildman–Crippen LogP) is 1.67. The molecule has 0 amide bonds. The molecular formula is C13H15N3O3. The van der Waals surface area contributed by atoms with Crippen LogP contribution in [-0.2, 0) is 0 Å². The van der Waals surface area contributed by atoms with Crippen molar-refractivity contribution < 1.29 is 10.0 Å². The van der Waals surface area contributed by atoms with Gasteiger partial charge in [0.1, 0.15) is 5.69 Å². The maximum Gasteiger partial charge on any atom is 0.293 e. The number of benzene rings is 1. The molecule has 1 saturated heterocycles. The Bertz CT molecular complexity index is 538. The van der Waals surface area contributed by atoms with Gasteiger partial charge in [0.05, 0.1) is 22.7 Å². The minimum Gasteiger partial charge on any atom is -0.393 e. The Kier molecular flexibility index (Phi) is 3.67. The Morgan fingerprint density at radius 3 is 2.89 bits per heavy atom. The number of aliphatic hydroxyl groups excluding tert-OH is 1. The van der Waals surface area contributed by atoms with Crippen molar-refractivity contribution in [3.05, 3.63) is 33.9 Å². The van der Waals surface area contributed by atoms with Gasteiger partial charge in [-0.1, -0.05) is 6.92 Å². The summed E-state index contributed by atoms with van der Waals surface area (Å²) in [4.78, 5) is 12.5. The highest BCUT2D eigenvalue weighted by molar-refractivity contribution is 5.65. The summed E-state index contributed by atoms with van der Waals surface area (Å²) in [5.41, 5.74) is 0.742. The highest BCUT2D eigenvalue weighted by Crippen LogP contribution is 2.32. The fraction of sp³-hybridized carbons (Fsp3) is 0.462. The molecule has 0 aliphatic carbocycles. The number of nitriles is 1. The van der Waals surface area contributed by atoms with E-state index in [0.717, 1.165) is 0 Å². The zero-order chi connectivity index (χ0) is 14.0. The van der Waals surface area contributed by atoms with Crippen molar-refractivity contribution in [2.45, 2.75) is 19.4 Å². The molecule has 1 N–H and O–H groups in total. The number of aliphatic hydroxyl groups is 1. The van der Waals surface area contributed by atoms with Crippen molar-refractivity contribution in [3.63, 3.8) is 0 Å². The Balaban J connectivity index is 2.34. The van der Waals surface area contributed by atoms with Crippen LogP contribution >= 0.6 is 0 Å². The minimum atomic E-state index is -0.466. The summed E-state index contributed by atoms with van der Waals surface area (Å²) in [6, 6.07) is 6.40. The van der Waals surface area contributed by atoms with E-state index in [-0.39, 0.29) is 23.3 Å². The van der Waals surface area contributed by atoms with Crippen LogP contribution in [0.5, 0.6) is 0 Å². The second-order valence-corrected chi connectivity index (χ2v) is 4.85. The molecule has 2 unspecified atom stereocenters. The van der Waals surface area contributed by atoms with Gasteiger partial charge < -0.3 is 10.0 Å². The number of anilines is 1. The molecule has 19 heavy (non-hydrogen) atoms. The third-order valence-electron chi connectivity index (χ3n) is 3.50. The molecule has 1 heterocycles. The standard InChI is InChI=1S/C13H15N3O3/c1-9-8-15(5-4-13(9)17)11-3-2-10(7-14)6-12(11)16(18)19/h2-3,6,9,13,17H,4-5,8H2,1H3. The van der Waals surface area contributed by atoms with Crippen LogP contribution in [-0.4, -0.2) is 29.2 Å². The highest BCUT2D eigenvalue weighted by atomic mass is 16.6. The SMILES string of the molecule is CC1CN(c2ccc(C#N)cc2[N+](=O)[O-])CCC1O. The molecule has 1 aliphatic heterocycles. The fourth-order valence-electron chi connectivity index (χ4n) is 2.36. The predicted molar refractivity (Wildman–Crippen MR) is 69.8 cm³/mol. The third-order valence-corrected chi connectivity index (χ3v) is 3.50. The van der Waals surface area contributed by atoms with E-state index < -0.39 is 4.92 Å². The maximum absolute atomic E-state index is 11.1. The second kappa shape index (κ2) is 5.24. The van der Waals surface area contributed by atoms with Crippen molar-refractivity contribution in [2.24, 2.45) is 5.92 Å². The number of nitrogens with zero attached hydrogens (tertiary/aromatic N) is 3. The highest BCUT2D eigenvalue weighted by Gasteiger charge is 2.28. The van der Waals surface area contributed by atoms with Gasteiger partial charge in [-0.2, -0.15) is 5.26 Å². The van der Waals surface area contributed by atoms with Crippen LogP contribution in [0.1, 0.15) is 18.9 Å². The lowest BCUT2D eigenvalue weighted by Gasteiger charge is -2.35. The number of nitro benzene ring substituents is 1. The first-order valence-corrected chi connectivity index (χ1v) is 6.14. The summed E-state index contributed by atoms with van der Waals surface area (Å²) >= 11 is 0. The van der Waals surface area contributed by atoms with Crippen molar-refractivity contribution >= 4 is 11.4 Å². The van der Waals surface area contributed by atoms with Gasteiger partial charge in [0, 0.05) is 19.2 Å². The van der Waals surface area contributed by atoms with E-state index in [2.05, 4.69) is 0 Å². The molecule has 0 saturated carbocycles. The first kappa shape index (κ1) is 13.3. The fourth-order valence-corrected chi connectivity index (χ4v) is 2.36. The number of rotatable bonds is 2. The largest absolute Gasteiger partial charge is 0.393 e. The van der Waals surface area contributed by atoms with Gasteiger partial charge >= 0.3 is 0 Å². The molecule has 100 valence electrons. The van der Waals surface area contributed by atoms with Gasteiger partial charge in [0.15, 0.2) is 0 Å². The summed E-state index contributed by atoms with van der Waals surface area (Å²) in [7, 11) is 0. The van der Waals surface area contributed by atoms with Gasteiger partial charge in [-0.15, -0.1) is 0 Å². The van der Waals surface area contributed by atoms with Gasteiger partial charge in [-0.25, -0.2) is 0 Å². The summed E-state index contributed by atoms with van der Waals surface area (Å²) in [5.74, 6) is 0.0731. The minimum absolute atomic E-state index is 0.0531. The van der Waals surface area contributed by atoms with Crippen LogP contribution in [0.4, 0.5) is 11.4 Å². The first-order valence-electron chi connectivity index (χ1n) is 6.14. The lowest BCUT2D eigenvalue weighted by molar-refractivity contribution is -0.384. The molecule has 0 bridgehead atoms. The molecule has 6 heteroatoms. The number of hydrogen-bond donors (Lipinski definition) is 1. The normalized spacial score (nSPS) is 22.9. The number of hydrogen-bond acceptors (Lipinski definition) is 5. The quantitative estimate of drug-likeness (QED) is 0.646. The molecule has 1 aromatic rings. The van der Waals surface area contributed by atoms with Crippen molar-refractivity contribution in [2.75, 3.05) is 18.0 Å². The van der Waals surface area contributed by atoms with E-state index in [9.17, 15) is 15.2 Å². The molecule has 1 aromatic carbocycles. The van der Waals surface area contributed by atoms with Crippen LogP contribution in [0, 0.1) is 27.4 Å². The topological polar surface area (TPSA) is 90.4 Å². The lowest BCUT2D eigenvalue weighted by Crippen LogP contribution is -2.42.